The highest BCUT2D eigenvalue weighted by atomic mass is 16.5. The number of hydrogen-bond acceptors (Lipinski definition) is 3. The molecule has 0 atom stereocenters. The fourth-order valence-corrected chi connectivity index (χ4v) is 1.78. The zero-order valence-electron chi connectivity index (χ0n) is 9.50. The lowest BCUT2D eigenvalue weighted by Gasteiger charge is -2.10. The van der Waals surface area contributed by atoms with Crippen molar-refractivity contribution in [1.29, 1.82) is 0 Å². The van der Waals surface area contributed by atoms with Crippen LogP contribution < -0.4 is 5.43 Å². The minimum Gasteiger partial charge on any atom is -0.394 e. The molecule has 2 aromatic rings. The topological polar surface area (TPSA) is 51.5 Å². The standard InChI is InChI=1S/C13H15NO3/c15-8-10-17-9-7-14-6-5-13(16)11-3-1-2-4-12(11)14/h1-6,15H,7-10H2. The second-order valence-corrected chi connectivity index (χ2v) is 3.73. The van der Waals surface area contributed by atoms with Crippen LogP contribution in [0.4, 0.5) is 0 Å². The average molecular weight is 233 g/mol. The number of nitrogens with zero attached hydrogens (tertiary/aromatic N) is 1. The van der Waals surface area contributed by atoms with Gasteiger partial charge in [0.2, 0.25) is 0 Å². The van der Waals surface area contributed by atoms with Gasteiger partial charge in [0.1, 0.15) is 0 Å². The van der Waals surface area contributed by atoms with E-state index in [2.05, 4.69) is 0 Å². The molecule has 0 aliphatic rings. The zero-order chi connectivity index (χ0) is 12.1. The Morgan fingerprint density at radius 1 is 1.18 bits per heavy atom. The number of pyridine rings is 1. The molecule has 0 spiro atoms. The number of aliphatic hydroxyl groups is 1. The summed E-state index contributed by atoms with van der Waals surface area (Å²) in [6.45, 7) is 1.57. The van der Waals surface area contributed by atoms with Gasteiger partial charge in [-0.05, 0) is 12.1 Å². The van der Waals surface area contributed by atoms with Crippen molar-refractivity contribution in [3.05, 3.63) is 46.8 Å². The Morgan fingerprint density at radius 3 is 2.82 bits per heavy atom. The van der Waals surface area contributed by atoms with E-state index in [4.69, 9.17) is 9.84 Å². The highest BCUT2D eigenvalue weighted by Crippen LogP contribution is 2.08. The summed E-state index contributed by atoms with van der Waals surface area (Å²) in [5.74, 6) is 0. The molecule has 0 saturated carbocycles. The van der Waals surface area contributed by atoms with Gasteiger partial charge in [-0.15, -0.1) is 0 Å². The van der Waals surface area contributed by atoms with Crippen LogP contribution in [0.25, 0.3) is 10.9 Å². The highest BCUT2D eigenvalue weighted by Gasteiger charge is 2.01. The Hall–Kier alpha value is -1.65. The van der Waals surface area contributed by atoms with E-state index >= 15 is 0 Å². The van der Waals surface area contributed by atoms with Crippen LogP contribution >= 0.6 is 0 Å². The van der Waals surface area contributed by atoms with E-state index in [9.17, 15) is 4.79 Å². The molecule has 1 aromatic heterocycles. The summed E-state index contributed by atoms with van der Waals surface area (Å²) < 4.78 is 7.20. The van der Waals surface area contributed by atoms with E-state index < -0.39 is 0 Å². The highest BCUT2D eigenvalue weighted by molar-refractivity contribution is 5.78. The molecule has 1 N–H and O–H groups in total. The molecule has 4 heteroatoms. The maximum absolute atomic E-state index is 11.6. The molecular weight excluding hydrogens is 218 g/mol. The molecule has 0 bridgehead atoms. The fraction of sp³-hybridized carbons (Fsp3) is 0.308. The molecule has 0 unspecified atom stereocenters. The summed E-state index contributed by atoms with van der Waals surface area (Å²) in [5, 5.41) is 9.32. The minimum absolute atomic E-state index is 0.0327. The van der Waals surface area contributed by atoms with Gasteiger partial charge in [0, 0.05) is 24.2 Å². The molecule has 0 amide bonds. The number of hydrogen-bond donors (Lipinski definition) is 1. The van der Waals surface area contributed by atoms with E-state index in [1.807, 2.05) is 28.8 Å². The number of benzene rings is 1. The molecule has 0 aliphatic heterocycles. The third-order valence-corrected chi connectivity index (χ3v) is 2.60. The number of fused-ring (bicyclic) bond motifs is 1. The number of aliphatic hydroxyl groups excluding tert-OH is 1. The molecule has 0 aliphatic carbocycles. The van der Waals surface area contributed by atoms with Crippen LogP contribution in [0, 0.1) is 0 Å². The van der Waals surface area contributed by atoms with Gasteiger partial charge in [-0.25, -0.2) is 0 Å². The van der Waals surface area contributed by atoms with E-state index in [1.54, 1.807) is 12.3 Å². The van der Waals surface area contributed by atoms with Crippen LogP contribution in [-0.2, 0) is 11.3 Å². The Kier molecular flexibility index (Phi) is 3.90. The summed E-state index contributed by atoms with van der Waals surface area (Å²) in [6, 6.07) is 9.07. The van der Waals surface area contributed by atoms with Crippen LogP contribution in [0.2, 0.25) is 0 Å². The maximum atomic E-state index is 11.6. The van der Waals surface area contributed by atoms with E-state index in [0.29, 0.717) is 19.8 Å². The summed E-state index contributed by atoms with van der Waals surface area (Å²) in [5.41, 5.74) is 0.945. The molecular formula is C13H15NO3. The second kappa shape index (κ2) is 5.61. The molecule has 4 nitrogen and oxygen atoms in total. The molecule has 0 saturated heterocycles. The lowest BCUT2D eigenvalue weighted by Crippen LogP contribution is -2.12. The smallest absolute Gasteiger partial charge is 0.189 e. The van der Waals surface area contributed by atoms with Gasteiger partial charge < -0.3 is 14.4 Å². The predicted molar refractivity (Wildman–Crippen MR) is 66.1 cm³/mol. The predicted octanol–water partition coefficient (Wildman–Crippen LogP) is 1.01. The largest absolute Gasteiger partial charge is 0.394 e. The second-order valence-electron chi connectivity index (χ2n) is 3.73. The molecule has 1 heterocycles. The van der Waals surface area contributed by atoms with E-state index in [1.165, 1.54) is 0 Å². The maximum Gasteiger partial charge on any atom is 0.189 e. The summed E-state index contributed by atoms with van der Waals surface area (Å²) in [7, 11) is 0. The zero-order valence-corrected chi connectivity index (χ0v) is 9.50. The van der Waals surface area contributed by atoms with Crippen LogP contribution in [-0.4, -0.2) is 29.5 Å². The van der Waals surface area contributed by atoms with Crippen LogP contribution in [0.5, 0.6) is 0 Å². The van der Waals surface area contributed by atoms with Gasteiger partial charge in [0.15, 0.2) is 5.43 Å². The molecule has 0 radical (unpaired) electrons. The van der Waals surface area contributed by atoms with E-state index in [-0.39, 0.29) is 12.0 Å². The molecule has 2 rings (SSSR count). The Bertz CT molecular complexity index is 548. The summed E-state index contributed by atoms with van der Waals surface area (Å²) in [6.07, 6.45) is 1.77. The Balaban J connectivity index is 2.23. The first-order chi connectivity index (χ1) is 8.33. The van der Waals surface area contributed by atoms with Gasteiger partial charge >= 0.3 is 0 Å². The summed E-state index contributed by atoms with van der Waals surface area (Å²) in [4.78, 5) is 11.6. The fourth-order valence-electron chi connectivity index (χ4n) is 1.78. The molecule has 90 valence electrons. The van der Waals surface area contributed by atoms with Crippen molar-refractivity contribution in [3.8, 4) is 0 Å². The van der Waals surface area contributed by atoms with Gasteiger partial charge in [0.25, 0.3) is 0 Å². The third-order valence-electron chi connectivity index (χ3n) is 2.60. The summed E-state index contributed by atoms with van der Waals surface area (Å²) >= 11 is 0. The number of para-hydroxylation sites is 1. The average Bonchev–Trinajstić information content (AvgIpc) is 2.37. The Labute approximate surface area is 99.1 Å². The van der Waals surface area contributed by atoms with Crippen molar-refractivity contribution >= 4 is 10.9 Å². The first-order valence-electron chi connectivity index (χ1n) is 5.60. The van der Waals surface area contributed by atoms with Crippen molar-refractivity contribution < 1.29 is 9.84 Å². The van der Waals surface area contributed by atoms with Crippen molar-refractivity contribution in [3.63, 3.8) is 0 Å². The first-order valence-corrected chi connectivity index (χ1v) is 5.60. The molecule has 0 fully saturated rings. The van der Waals surface area contributed by atoms with Gasteiger partial charge in [0.05, 0.1) is 25.3 Å². The first kappa shape index (κ1) is 11.8. The van der Waals surface area contributed by atoms with Crippen LogP contribution in [0.1, 0.15) is 0 Å². The van der Waals surface area contributed by atoms with Crippen LogP contribution in [0.3, 0.4) is 0 Å². The molecule has 1 aromatic carbocycles. The number of ether oxygens (including phenoxy) is 1. The SMILES string of the molecule is O=c1ccn(CCOCCO)c2ccccc12. The third kappa shape index (κ3) is 2.72. The van der Waals surface area contributed by atoms with E-state index in [0.717, 1.165) is 10.9 Å². The van der Waals surface area contributed by atoms with Crippen molar-refractivity contribution in [2.45, 2.75) is 6.54 Å². The van der Waals surface area contributed by atoms with Crippen molar-refractivity contribution in [2.75, 3.05) is 19.8 Å². The molecule has 17 heavy (non-hydrogen) atoms. The van der Waals surface area contributed by atoms with Gasteiger partial charge in [-0.3, -0.25) is 4.79 Å². The van der Waals surface area contributed by atoms with Crippen LogP contribution in [0.15, 0.2) is 41.3 Å². The monoisotopic (exact) mass is 233 g/mol. The lowest BCUT2D eigenvalue weighted by molar-refractivity contribution is 0.0874. The van der Waals surface area contributed by atoms with Crippen molar-refractivity contribution in [1.82, 2.24) is 4.57 Å². The van der Waals surface area contributed by atoms with Gasteiger partial charge in [-0.2, -0.15) is 0 Å². The quantitative estimate of drug-likeness (QED) is 0.784. The lowest BCUT2D eigenvalue weighted by atomic mass is 10.2. The normalized spacial score (nSPS) is 10.9. The number of aromatic nitrogens is 1. The van der Waals surface area contributed by atoms with Gasteiger partial charge in [-0.1, -0.05) is 12.1 Å². The number of rotatable bonds is 5. The van der Waals surface area contributed by atoms with Crippen molar-refractivity contribution in [2.24, 2.45) is 0 Å². The Morgan fingerprint density at radius 2 is 2.00 bits per heavy atom. The minimum atomic E-state index is 0.0327.